The molecule has 0 heterocycles. The maximum Gasteiger partial charge on any atom is 0 e. The van der Waals surface area contributed by atoms with E-state index in [-0.39, 0.29) is 23.0 Å². The SMILES string of the molecule is C=CCO[C@@](C)(CCC=C(C)C)[C]1[CH][CH][C](C)[CH][CH]1.[C-]#[O+].[C-]#[O+].[C-]#[O+].[Cr]. The Morgan fingerprint density at radius 3 is 1.92 bits per heavy atom. The predicted molar refractivity (Wildman–Crippen MR) is 94.4 cm³/mol. The van der Waals surface area contributed by atoms with E-state index in [0.29, 0.717) is 6.61 Å². The van der Waals surface area contributed by atoms with Gasteiger partial charge in [-0.05, 0) is 65.2 Å². The second-order valence-electron chi connectivity index (χ2n) is 5.52. The fourth-order valence-corrected chi connectivity index (χ4v) is 2.09. The third kappa shape index (κ3) is 15.4. The van der Waals surface area contributed by atoms with Crippen LogP contribution in [0.25, 0.3) is 0 Å². The summed E-state index contributed by atoms with van der Waals surface area (Å²) in [6.45, 7) is 26.4. The van der Waals surface area contributed by atoms with Crippen molar-refractivity contribution in [1.82, 2.24) is 0 Å². The van der Waals surface area contributed by atoms with Crippen LogP contribution in [0, 0.1) is 57.5 Å². The molecule has 1 aliphatic carbocycles. The average molecular weight is 394 g/mol. The minimum atomic E-state index is -0.242. The van der Waals surface area contributed by atoms with Gasteiger partial charge in [0.1, 0.15) is 0 Å². The van der Waals surface area contributed by atoms with Crippen LogP contribution in [0.3, 0.4) is 0 Å². The van der Waals surface area contributed by atoms with E-state index in [2.05, 4.69) is 86.0 Å². The normalized spacial score (nSPS) is 15.5. The van der Waals surface area contributed by atoms with Gasteiger partial charge in [-0.25, -0.2) is 0 Å². The number of rotatable bonds is 7. The molecule has 26 heavy (non-hydrogen) atoms. The van der Waals surface area contributed by atoms with Crippen LogP contribution in [0.15, 0.2) is 24.3 Å². The summed E-state index contributed by atoms with van der Waals surface area (Å²) >= 11 is 0. The van der Waals surface area contributed by atoms with E-state index in [1.165, 1.54) is 17.4 Å². The van der Waals surface area contributed by atoms with Crippen molar-refractivity contribution in [3.63, 3.8) is 0 Å². The molecule has 0 aromatic carbocycles. The number of hydrogen-bond acceptors (Lipinski definition) is 1. The fourth-order valence-electron chi connectivity index (χ4n) is 2.09. The zero-order chi connectivity index (χ0) is 20.3. The summed E-state index contributed by atoms with van der Waals surface area (Å²) in [5.41, 5.74) is 1.11. The maximum atomic E-state index is 7.50. The van der Waals surface area contributed by atoms with Crippen molar-refractivity contribution in [3.05, 3.63) is 81.8 Å². The Balaban J connectivity index is -0.000000312. The molecule has 0 aliphatic heterocycles. The van der Waals surface area contributed by atoms with Crippen molar-refractivity contribution in [2.24, 2.45) is 0 Å². The summed E-state index contributed by atoms with van der Waals surface area (Å²) in [5, 5.41) is 0. The molecule has 0 spiro atoms. The average Bonchev–Trinajstić information content (AvgIpc) is 2.65. The van der Waals surface area contributed by atoms with Crippen LogP contribution in [0.4, 0.5) is 0 Å². The molecule has 0 aromatic rings. The Labute approximate surface area is 170 Å². The summed E-state index contributed by atoms with van der Waals surface area (Å²) in [7, 11) is 0. The molecule has 0 N–H and O–H groups in total. The van der Waals surface area contributed by atoms with Crippen LogP contribution in [0.2, 0.25) is 0 Å². The Bertz CT molecular complexity index is 399. The zero-order valence-corrected chi connectivity index (χ0v) is 17.1. The van der Waals surface area contributed by atoms with Gasteiger partial charge < -0.3 is 4.74 Å². The van der Waals surface area contributed by atoms with E-state index >= 15 is 0 Å². The molecule has 1 aliphatic rings. The van der Waals surface area contributed by atoms with Crippen LogP contribution >= 0.6 is 0 Å². The minimum absolute atomic E-state index is 0. The van der Waals surface area contributed by atoms with Gasteiger partial charge in [-0.1, -0.05) is 24.6 Å². The van der Waals surface area contributed by atoms with Crippen LogP contribution in [-0.2, 0) is 36.1 Å². The van der Waals surface area contributed by atoms with Crippen molar-refractivity contribution in [2.45, 2.75) is 46.1 Å². The molecule has 0 bridgehead atoms. The molecule has 1 saturated carbocycles. The Morgan fingerprint density at radius 2 is 1.54 bits per heavy atom. The Morgan fingerprint density at radius 1 is 1.08 bits per heavy atom. The monoisotopic (exact) mass is 394 g/mol. The largest absolute Gasteiger partial charge is 0 e. The van der Waals surface area contributed by atoms with Crippen LogP contribution in [0.5, 0.6) is 0 Å². The van der Waals surface area contributed by atoms with Crippen molar-refractivity contribution in [1.29, 1.82) is 0 Å². The van der Waals surface area contributed by atoms with Gasteiger partial charge in [-0.3, -0.25) is 0 Å². The first kappa shape index (κ1) is 32.8. The number of hydrogen-bond donors (Lipinski definition) is 0. The van der Waals surface area contributed by atoms with E-state index in [4.69, 9.17) is 18.7 Å². The summed E-state index contributed by atoms with van der Waals surface area (Å²) in [5.74, 6) is 2.52. The predicted octanol–water partition coefficient (Wildman–Crippen LogP) is 4.58. The molecule has 0 aromatic heterocycles. The minimum Gasteiger partial charge on any atom is 0 e. The van der Waals surface area contributed by atoms with Crippen molar-refractivity contribution < 1.29 is 36.1 Å². The molecule has 140 valence electrons. The van der Waals surface area contributed by atoms with Crippen molar-refractivity contribution >= 4 is 0 Å². The van der Waals surface area contributed by atoms with Crippen LogP contribution < -0.4 is 0 Å². The van der Waals surface area contributed by atoms with Gasteiger partial charge >= 0.3 is 33.9 Å². The van der Waals surface area contributed by atoms with Gasteiger partial charge in [0, 0.05) is 23.3 Å². The molecule has 0 amide bonds. The molecule has 0 saturated heterocycles. The van der Waals surface area contributed by atoms with Crippen LogP contribution in [-0.4, -0.2) is 12.2 Å². The Kier molecular flexibility index (Phi) is 28.1. The van der Waals surface area contributed by atoms with Gasteiger partial charge in [0.05, 0.1) is 12.2 Å². The zero-order valence-electron chi connectivity index (χ0n) is 15.8. The van der Waals surface area contributed by atoms with Crippen molar-refractivity contribution in [3.8, 4) is 0 Å². The molecular formula is C21H26CrO4. The third-order valence-corrected chi connectivity index (χ3v) is 3.36. The molecule has 5 heteroatoms. The fraction of sp³-hybridized carbons (Fsp3) is 0.381. The first-order valence-electron chi connectivity index (χ1n) is 7.54. The molecule has 4 nitrogen and oxygen atoms in total. The smallest absolute Gasteiger partial charge is 0 e. The number of allylic oxidation sites excluding steroid dienone is 2. The second kappa shape index (κ2) is 22.2. The van der Waals surface area contributed by atoms with E-state index < -0.39 is 0 Å². The first-order valence-corrected chi connectivity index (χ1v) is 7.54. The maximum absolute atomic E-state index is 7.50. The van der Waals surface area contributed by atoms with Crippen LogP contribution in [0.1, 0.15) is 40.5 Å². The summed E-state index contributed by atoms with van der Waals surface area (Å²) in [6.07, 6.45) is 14.7. The summed E-state index contributed by atoms with van der Waals surface area (Å²) < 4.78 is 28.5. The van der Waals surface area contributed by atoms with E-state index in [9.17, 15) is 0 Å². The number of ether oxygens (including phenoxy) is 1. The summed E-state index contributed by atoms with van der Waals surface area (Å²) in [4.78, 5) is 0. The van der Waals surface area contributed by atoms with Gasteiger partial charge in [0.15, 0.2) is 0 Å². The van der Waals surface area contributed by atoms with Gasteiger partial charge in [-0.15, -0.1) is 6.58 Å². The standard InChI is InChI=1S/C18H26O.3CO.Cr/c1-6-14-19-18(5,13-7-8-15(2)3)17-11-9-16(4)10-12-17;3*1-2;/h6,8-12H,1,7,13-14H2,2-5H3;;;;/t18-;;;;/m0..../s1. The summed E-state index contributed by atoms with van der Waals surface area (Å²) in [6, 6.07) is 0. The molecular weight excluding hydrogens is 368 g/mol. The molecule has 0 unspecified atom stereocenters. The molecule has 1 rings (SSSR count). The molecule has 1 atom stereocenters. The Hall–Kier alpha value is -0.808. The van der Waals surface area contributed by atoms with Crippen molar-refractivity contribution in [2.75, 3.05) is 6.61 Å². The quantitative estimate of drug-likeness (QED) is 0.354. The van der Waals surface area contributed by atoms with Gasteiger partial charge in [-0.2, -0.15) is 0 Å². The van der Waals surface area contributed by atoms with E-state index in [0.717, 1.165) is 12.8 Å². The van der Waals surface area contributed by atoms with Gasteiger partial charge in [0.25, 0.3) is 0 Å². The van der Waals surface area contributed by atoms with E-state index in [1.54, 1.807) is 0 Å². The third-order valence-electron chi connectivity index (χ3n) is 3.36. The molecule has 6 radical (unpaired) electrons. The van der Waals surface area contributed by atoms with E-state index in [1.807, 2.05) is 6.08 Å². The topological polar surface area (TPSA) is 68.9 Å². The molecule has 1 fully saturated rings. The first-order chi connectivity index (χ1) is 12.0. The van der Waals surface area contributed by atoms with Gasteiger partial charge in [0.2, 0.25) is 0 Å². The second-order valence-corrected chi connectivity index (χ2v) is 5.52.